The van der Waals surface area contributed by atoms with E-state index in [1.807, 2.05) is 30.3 Å². The van der Waals surface area contributed by atoms with Crippen LogP contribution in [0.2, 0.25) is 5.15 Å². The van der Waals surface area contributed by atoms with E-state index in [9.17, 15) is 9.59 Å². The lowest BCUT2D eigenvalue weighted by Gasteiger charge is -2.08. The third kappa shape index (κ3) is 5.09. The molecule has 4 rings (SSSR count). The van der Waals surface area contributed by atoms with Crippen molar-refractivity contribution in [3.05, 3.63) is 94.8 Å². The molecule has 31 heavy (non-hydrogen) atoms. The Labute approximate surface area is 182 Å². The lowest BCUT2D eigenvalue weighted by molar-refractivity contribution is 0.0846. The van der Waals surface area contributed by atoms with Crippen LogP contribution in [0.3, 0.4) is 0 Å². The molecule has 0 atom stereocenters. The largest absolute Gasteiger partial charge is 0.269 e. The van der Waals surface area contributed by atoms with Gasteiger partial charge < -0.3 is 0 Å². The van der Waals surface area contributed by atoms with E-state index in [0.717, 1.165) is 11.1 Å². The molecule has 0 radical (unpaired) electrons. The van der Waals surface area contributed by atoms with Gasteiger partial charge in [0.15, 0.2) is 0 Å². The predicted molar refractivity (Wildman–Crippen MR) is 113 cm³/mol. The summed E-state index contributed by atoms with van der Waals surface area (Å²) < 4.78 is 0. The molecule has 154 valence electrons. The molecule has 2 aromatic carbocycles. The lowest BCUT2D eigenvalue weighted by Crippen LogP contribution is -2.41. The Kier molecular flexibility index (Phi) is 5.95. The van der Waals surface area contributed by atoms with Gasteiger partial charge in [-0.1, -0.05) is 54.1 Å². The summed E-state index contributed by atoms with van der Waals surface area (Å²) >= 11 is 5.76. The molecule has 0 bridgehead atoms. The van der Waals surface area contributed by atoms with E-state index >= 15 is 0 Å². The zero-order valence-electron chi connectivity index (χ0n) is 16.1. The van der Waals surface area contributed by atoms with Gasteiger partial charge in [0.25, 0.3) is 11.8 Å². The van der Waals surface area contributed by atoms with E-state index in [1.165, 1.54) is 23.1 Å². The number of nitrogens with zero attached hydrogens (tertiary/aromatic N) is 5. The number of hydrogen-bond donors (Lipinski definition) is 2. The quantitative estimate of drug-likeness (QED) is 0.369. The van der Waals surface area contributed by atoms with Crippen LogP contribution >= 0.6 is 11.6 Å². The number of tetrazole rings is 1. The van der Waals surface area contributed by atoms with E-state index in [2.05, 4.69) is 31.2 Å². The predicted octanol–water partition coefficient (Wildman–Crippen LogP) is 2.51. The van der Waals surface area contributed by atoms with Crippen LogP contribution in [0.25, 0.3) is 11.4 Å². The van der Waals surface area contributed by atoms with Gasteiger partial charge in [0.1, 0.15) is 5.15 Å². The van der Waals surface area contributed by atoms with Crippen LogP contribution in [-0.2, 0) is 6.54 Å². The third-order valence-corrected chi connectivity index (χ3v) is 4.51. The summed E-state index contributed by atoms with van der Waals surface area (Å²) in [5.41, 5.74) is 7.15. The fourth-order valence-corrected chi connectivity index (χ4v) is 2.91. The average molecular weight is 434 g/mol. The van der Waals surface area contributed by atoms with Crippen molar-refractivity contribution in [2.75, 3.05) is 0 Å². The molecule has 0 aliphatic rings. The van der Waals surface area contributed by atoms with Crippen molar-refractivity contribution >= 4 is 23.4 Å². The lowest BCUT2D eigenvalue weighted by atomic mass is 10.1. The maximum absolute atomic E-state index is 12.3. The van der Waals surface area contributed by atoms with E-state index in [4.69, 9.17) is 11.6 Å². The maximum Gasteiger partial charge on any atom is 0.269 e. The van der Waals surface area contributed by atoms with Crippen LogP contribution in [0, 0.1) is 0 Å². The molecular weight excluding hydrogens is 418 g/mol. The number of carbonyl (C=O) groups excluding carboxylic acids is 2. The van der Waals surface area contributed by atoms with Crippen LogP contribution in [0.1, 0.15) is 26.3 Å². The number of halogens is 1. The molecule has 2 amide bonds. The van der Waals surface area contributed by atoms with Gasteiger partial charge >= 0.3 is 0 Å². The third-order valence-electron chi connectivity index (χ3n) is 4.30. The monoisotopic (exact) mass is 433 g/mol. The molecule has 2 N–H and O–H groups in total. The van der Waals surface area contributed by atoms with Gasteiger partial charge in [-0.25, -0.2) is 4.98 Å². The zero-order valence-corrected chi connectivity index (χ0v) is 16.8. The van der Waals surface area contributed by atoms with Crippen molar-refractivity contribution in [1.29, 1.82) is 0 Å². The summed E-state index contributed by atoms with van der Waals surface area (Å²) in [6.45, 7) is 0.404. The minimum absolute atomic E-state index is 0.187. The van der Waals surface area contributed by atoms with Crippen LogP contribution in [0.4, 0.5) is 0 Å². The number of rotatable bonds is 5. The summed E-state index contributed by atoms with van der Waals surface area (Å²) in [5.74, 6) is -0.408. The minimum Gasteiger partial charge on any atom is -0.267 e. The van der Waals surface area contributed by atoms with Crippen LogP contribution in [0.15, 0.2) is 72.9 Å². The van der Waals surface area contributed by atoms with E-state index in [-0.39, 0.29) is 10.7 Å². The second-order valence-corrected chi connectivity index (χ2v) is 6.87. The molecule has 2 heterocycles. The summed E-state index contributed by atoms with van der Waals surface area (Å²) in [7, 11) is 0. The van der Waals surface area contributed by atoms with Crippen molar-refractivity contribution in [1.82, 2.24) is 36.0 Å². The van der Waals surface area contributed by atoms with Crippen LogP contribution in [-0.4, -0.2) is 37.0 Å². The Hall–Kier alpha value is -4.11. The van der Waals surface area contributed by atoms with Crippen LogP contribution in [0.5, 0.6) is 0 Å². The first-order valence-electron chi connectivity index (χ1n) is 9.23. The molecule has 10 heteroatoms. The van der Waals surface area contributed by atoms with E-state index in [0.29, 0.717) is 17.9 Å². The number of benzene rings is 2. The highest BCUT2D eigenvalue weighted by Gasteiger charge is 2.11. The molecule has 0 saturated carbocycles. The normalized spacial score (nSPS) is 10.5. The number of aromatic nitrogens is 5. The second-order valence-electron chi connectivity index (χ2n) is 6.48. The molecule has 2 aromatic heterocycles. The Balaban J connectivity index is 1.34. The smallest absolute Gasteiger partial charge is 0.267 e. The van der Waals surface area contributed by atoms with Crippen molar-refractivity contribution in [3.8, 4) is 11.4 Å². The molecule has 0 fully saturated rings. The highest BCUT2D eigenvalue weighted by molar-refractivity contribution is 6.29. The number of carbonyl (C=O) groups is 2. The zero-order chi connectivity index (χ0) is 21.6. The van der Waals surface area contributed by atoms with Crippen LogP contribution < -0.4 is 10.9 Å². The van der Waals surface area contributed by atoms with Gasteiger partial charge in [-0.15, -0.1) is 10.2 Å². The molecule has 0 aliphatic carbocycles. The van der Waals surface area contributed by atoms with Gasteiger partial charge in [-0.2, -0.15) is 4.80 Å². The maximum atomic E-state index is 12.3. The van der Waals surface area contributed by atoms with Crippen molar-refractivity contribution in [2.24, 2.45) is 0 Å². The minimum atomic E-state index is -0.499. The van der Waals surface area contributed by atoms with Crippen molar-refractivity contribution in [2.45, 2.75) is 6.54 Å². The first-order chi connectivity index (χ1) is 15.1. The molecular formula is C21H16ClN7O2. The highest BCUT2D eigenvalue weighted by Crippen LogP contribution is 2.13. The highest BCUT2D eigenvalue weighted by atomic mass is 35.5. The fraction of sp³-hybridized carbons (Fsp3) is 0.0476. The fourth-order valence-electron chi connectivity index (χ4n) is 2.74. The number of amides is 2. The number of hydrazine groups is 1. The second kappa shape index (κ2) is 9.14. The number of hydrogen-bond acceptors (Lipinski definition) is 6. The SMILES string of the molecule is O=C(NNC(=O)c1ccnc(Cl)c1)c1ccc(Cn2nnc(-c3ccccc3)n2)cc1. The summed E-state index contributed by atoms with van der Waals surface area (Å²) in [6.07, 6.45) is 1.41. The Morgan fingerprint density at radius 2 is 1.61 bits per heavy atom. The number of pyridine rings is 1. The van der Waals surface area contributed by atoms with Gasteiger partial charge in [-0.3, -0.25) is 20.4 Å². The van der Waals surface area contributed by atoms with E-state index < -0.39 is 11.8 Å². The van der Waals surface area contributed by atoms with Crippen molar-refractivity contribution < 1.29 is 9.59 Å². The molecule has 0 saturated heterocycles. The van der Waals surface area contributed by atoms with Gasteiger partial charge in [0.05, 0.1) is 6.54 Å². The molecule has 4 aromatic rings. The molecule has 0 unspecified atom stereocenters. The summed E-state index contributed by atoms with van der Waals surface area (Å²) in [4.78, 5) is 29.6. The molecule has 0 aliphatic heterocycles. The first kappa shape index (κ1) is 20.2. The molecule has 0 spiro atoms. The van der Waals surface area contributed by atoms with Gasteiger partial charge in [0, 0.05) is 22.9 Å². The summed E-state index contributed by atoms with van der Waals surface area (Å²) in [5, 5.41) is 12.7. The Bertz CT molecular complexity index is 1210. The topological polar surface area (TPSA) is 115 Å². The molecule has 9 nitrogen and oxygen atoms in total. The Morgan fingerprint density at radius 3 is 2.32 bits per heavy atom. The number of nitrogens with one attached hydrogen (secondary N) is 2. The standard InChI is InChI=1S/C21H16ClN7O2/c22-18-12-17(10-11-23-18)21(31)26-25-20(30)16-8-6-14(7-9-16)13-29-27-19(24-28-29)15-4-2-1-3-5-15/h1-12H,13H2,(H,25,30)(H,26,31). The van der Waals surface area contributed by atoms with E-state index in [1.54, 1.807) is 24.3 Å². The van der Waals surface area contributed by atoms with Gasteiger partial charge in [-0.05, 0) is 35.0 Å². The average Bonchev–Trinajstić information content (AvgIpc) is 3.27. The van der Waals surface area contributed by atoms with Crippen molar-refractivity contribution in [3.63, 3.8) is 0 Å². The Morgan fingerprint density at radius 1 is 0.903 bits per heavy atom. The summed E-state index contributed by atoms with van der Waals surface area (Å²) in [6, 6.07) is 19.3. The first-order valence-corrected chi connectivity index (χ1v) is 9.61. The van der Waals surface area contributed by atoms with Gasteiger partial charge in [0.2, 0.25) is 5.82 Å².